The molecule has 0 spiro atoms. The summed E-state index contributed by atoms with van der Waals surface area (Å²) in [5.41, 5.74) is 10.8. The van der Waals surface area contributed by atoms with Crippen LogP contribution in [0.3, 0.4) is 0 Å². The van der Waals surface area contributed by atoms with E-state index in [4.69, 9.17) is 5.73 Å². The van der Waals surface area contributed by atoms with Crippen molar-refractivity contribution in [2.75, 3.05) is 0 Å². The number of hydrogen-bond acceptors (Lipinski definition) is 3. The molecule has 0 aliphatic heterocycles. The topological polar surface area (TPSA) is 67.2 Å². The van der Waals surface area contributed by atoms with Gasteiger partial charge in [-0.15, -0.1) is 0 Å². The summed E-state index contributed by atoms with van der Waals surface area (Å²) in [7, 11) is 0. The van der Waals surface area contributed by atoms with E-state index in [0.29, 0.717) is 11.8 Å². The van der Waals surface area contributed by atoms with Gasteiger partial charge in [-0.1, -0.05) is 12.1 Å². The molecule has 1 atom stereocenters. The normalized spacial score (nSPS) is 11.8. The van der Waals surface area contributed by atoms with Gasteiger partial charge in [0.05, 0.1) is 0 Å². The van der Waals surface area contributed by atoms with E-state index in [0.717, 1.165) is 0 Å². The Morgan fingerprint density at radius 2 is 2.07 bits per heavy atom. The van der Waals surface area contributed by atoms with Gasteiger partial charge in [-0.2, -0.15) is 0 Å². The quantitative estimate of drug-likeness (QED) is 0.395. The fraction of sp³-hybridized carbons (Fsp3) is 0.111. The number of rotatable bonds is 4. The van der Waals surface area contributed by atoms with E-state index in [-0.39, 0.29) is 10.9 Å². The molecule has 0 amide bonds. The molecule has 1 aromatic carbocycles. The van der Waals surface area contributed by atoms with Crippen LogP contribution < -0.4 is 16.6 Å². The van der Waals surface area contributed by atoms with E-state index in [1.165, 1.54) is 24.3 Å². The molecule has 1 aromatic rings. The second-order valence-electron chi connectivity index (χ2n) is 2.80. The third kappa shape index (κ3) is 3.61. The Hall–Kier alpha value is -1.53. The van der Waals surface area contributed by atoms with Crippen LogP contribution in [-0.2, 0) is 4.79 Å². The molecule has 4 nitrogen and oxygen atoms in total. The number of hydrogen-bond donors (Lipinski definition) is 3. The largest absolute Gasteiger partial charge is 0.375 e. The average Bonchev–Trinajstić information content (AvgIpc) is 2.21. The van der Waals surface area contributed by atoms with Crippen LogP contribution in [0.5, 0.6) is 0 Å². The number of benzene rings is 1. The number of halogens is 1. The second kappa shape index (κ2) is 5.38. The Kier molecular flexibility index (Phi) is 4.14. The smallest absolute Gasteiger partial charge is 0.178 e. The molecule has 15 heavy (non-hydrogen) atoms. The third-order valence-corrected chi connectivity index (χ3v) is 1.82. The lowest BCUT2D eigenvalue weighted by atomic mass is 10.1. The summed E-state index contributed by atoms with van der Waals surface area (Å²) in [6.07, 6.45) is 0.665. The lowest BCUT2D eigenvalue weighted by molar-refractivity contribution is -0.109. The highest BCUT2D eigenvalue weighted by atomic mass is 32.1. The molecule has 0 fully saturated rings. The molecule has 0 heterocycles. The molecule has 0 saturated carbocycles. The number of aldehydes is 1. The summed E-state index contributed by atoms with van der Waals surface area (Å²) in [5.74, 6) is -0.356. The number of nitrogens with one attached hydrogen (secondary N) is 2. The van der Waals surface area contributed by atoms with Gasteiger partial charge in [0, 0.05) is 0 Å². The van der Waals surface area contributed by atoms with Crippen LogP contribution in [0.15, 0.2) is 24.3 Å². The van der Waals surface area contributed by atoms with E-state index < -0.39 is 6.04 Å². The van der Waals surface area contributed by atoms with E-state index in [1.807, 2.05) is 0 Å². The first-order chi connectivity index (χ1) is 7.13. The number of hydrazine groups is 1. The minimum absolute atomic E-state index is 0.0314. The highest BCUT2D eigenvalue weighted by Gasteiger charge is 2.09. The highest BCUT2D eigenvalue weighted by Crippen LogP contribution is 2.10. The van der Waals surface area contributed by atoms with Gasteiger partial charge in [-0.25, -0.2) is 9.82 Å². The van der Waals surface area contributed by atoms with Crippen molar-refractivity contribution in [3.63, 3.8) is 0 Å². The van der Waals surface area contributed by atoms with Crippen molar-refractivity contribution >= 4 is 23.6 Å². The van der Waals surface area contributed by atoms with Gasteiger partial charge < -0.3 is 10.5 Å². The van der Waals surface area contributed by atoms with E-state index >= 15 is 0 Å². The lowest BCUT2D eigenvalue weighted by Crippen LogP contribution is -2.43. The Labute approximate surface area is 91.6 Å². The summed E-state index contributed by atoms with van der Waals surface area (Å²) in [6.45, 7) is 0. The summed E-state index contributed by atoms with van der Waals surface area (Å²) in [4.78, 5) is 10.7. The van der Waals surface area contributed by atoms with E-state index in [2.05, 4.69) is 23.1 Å². The molecule has 4 N–H and O–H groups in total. The fourth-order valence-corrected chi connectivity index (χ4v) is 1.07. The van der Waals surface area contributed by atoms with Gasteiger partial charge in [0.2, 0.25) is 0 Å². The molecular formula is C9H10FN3OS. The molecule has 0 aliphatic rings. The predicted octanol–water partition coefficient (Wildman–Crippen LogP) is 0.404. The maximum atomic E-state index is 12.6. The van der Waals surface area contributed by atoms with Crippen molar-refractivity contribution in [3.8, 4) is 0 Å². The van der Waals surface area contributed by atoms with Crippen molar-refractivity contribution in [1.82, 2.24) is 10.9 Å². The molecule has 1 unspecified atom stereocenters. The molecular weight excluding hydrogens is 217 g/mol. The highest BCUT2D eigenvalue weighted by molar-refractivity contribution is 7.80. The lowest BCUT2D eigenvalue weighted by Gasteiger charge is -2.13. The Bertz CT molecular complexity index is 355. The minimum Gasteiger partial charge on any atom is -0.375 e. The Morgan fingerprint density at radius 1 is 1.47 bits per heavy atom. The maximum absolute atomic E-state index is 12.6. The fourth-order valence-electron chi connectivity index (χ4n) is 1.01. The zero-order valence-corrected chi connectivity index (χ0v) is 8.55. The molecule has 0 saturated heterocycles. The molecule has 0 radical (unpaired) electrons. The number of carbonyl (C=O) groups is 1. The third-order valence-electron chi connectivity index (χ3n) is 1.72. The first kappa shape index (κ1) is 11.5. The minimum atomic E-state index is -0.618. The van der Waals surface area contributed by atoms with Gasteiger partial charge in [0.15, 0.2) is 5.11 Å². The van der Waals surface area contributed by atoms with Crippen molar-refractivity contribution in [1.29, 1.82) is 0 Å². The SMILES string of the molecule is NC(=S)NNC(C=O)c1ccc(F)cc1. The van der Waals surface area contributed by atoms with Crippen LogP contribution in [0.2, 0.25) is 0 Å². The summed E-state index contributed by atoms with van der Waals surface area (Å²) < 4.78 is 12.6. The average molecular weight is 227 g/mol. The van der Waals surface area contributed by atoms with Crippen LogP contribution in [-0.4, -0.2) is 11.4 Å². The van der Waals surface area contributed by atoms with Crippen molar-refractivity contribution in [2.24, 2.45) is 5.73 Å². The zero-order chi connectivity index (χ0) is 11.3. The van der Waals surface area contributed by atoms with Crippen LogP contribution in [0, 0.1) is 5.82 Å². The van der Waals surface area contributed by atoms with Crippen molar-refractivity contribution in [3.05, 3.63) is 35.6 Å². The van der Waals surface area contributed by atoms with E-state index in [9.17, 15) is 9.18 Å². The van der Waals surface area contributed by atoms with Crippen LogP contribution in [0.1, 0.15) is 11.6 Å². The van der Waals surface area contributed by atoms with Crippen LogP contribution in [0.25, 0.3) is 0 Å². The van der Waals surface area contributed by atoms with Gasteiger partial charge in [0.25, 0.3) is 0 Å². The molecule has 80 valence electrons. The van der Waals surface area contributed by atoms with Gasteiger partial charge in [-0.3, -0.25) is 5.43 Å². The van der Waals surface area contributed by atoms with Crippen LogP contribution >= 0.6 is 12.2 Å². The van der Waals surface area contributed by atoms with Gasteiger partial charge in [-0.05, 0) is 29.9 Å². The summed E-state index contributed by atoms with van der Waals surface area (Å²) in [5, 5.41) is 0.0314. The summed E-state index contributed by atoms with van der Waals surface area (Å²) in [6, 6.07) is 4.93. The maximum Gasteiger partial charge on any atom is 0.178 e. The number of thiocarbonyl (C=S) groups is 1. The standard InChI is InChI=1S/C9H10FN3OS/c10-7-3-1-6(2-4-7)8(5-14)12-13-9(11)15/h1-5,8,12H,(H3,11,13,15). The number of carbonyl (C=O) groups excluding carboxylic acids is 1. The first-order valence-corrected chi connectivity index (χ1v) is 4.56. The molecule has 6 heteroatoms. The van der Waals surface area contributed by atoms with Gasteiger partial charge >= 0.3 is 0 Å². The van der Waals surface area contributed by atoms with Crippen molar-refractivity contribution < 1.29 is 9.18 Å². The predicted molar refractivity (Wildman–Crippen MR) is 58.3 cm³/mol. The molecule has 0 bridgehead atoms. The van der Waals surface area contributed by atoms with Crippen LogP contribution in [0.4, 0.5) is 4.39 Å². The monoisotopic (exact) mass is 227 g/mol. The molecule has 1 rings (SSSR count). The Morgan fingerprint density at radius 3 is 2.53 bits per heavy atom. The summed E-state index contributed by atoms with van der Waals surface area (Å²) >= 11 is 4.56. The first-order valence-electron chi connectivity index (χ1n) is 4.15. The second-order valence-corrected chi connectivity index (χ2v) is 3.24. The van der Waals surface area contributed by atoms with Gasteiger partial charge in [0.1, 0.15) is 18.1 Å². The molecule has 0 aliphatic carbocycles. The van der Waals surface area contributed by atoms with E-state index in [1.54, 1.807) is 0 Å². The number of nitrogens with two attached hydrogens (primary N) is 1. The Balaban J connectivity index is 2.69. The molecule has 0 aromatic heterocycles. The van der Waals surface area contributed by atoms with Crippen molar-refractivity contribution in [2.45, 2.75) is 6.04 Å². The zero-order valence-electron chi connectivity index (χ0n) is 7.74.